The maximum Gasteiger partial charge on any atom is 0.229 e. The van der Waals surface area contributed by atoms with Crippen LogP contribution in [0.15, 0.2) is 47.1 Å². The van der Waals surface area contributed by atoms with E-state index in [0.717, 1.165) is 17.6 Å². The molecule has 94 valence electrons. The van der Waals surface area contributed by atoms with E-state index in [1.54, 1.807) is 24.3 Å². The molecule has 2 aromatic heterocycles. The molecule has 0 saturated heterocycles. The van der Waals surface area contributed by atoms with Gasteiger partial charge in [-0.25, -0.2) is 4.39 Å². The lowest BCUT2D eigenvalue weighted by Crippen LogP contribution is -2.00. The largest absolute Gasteiger partial charge is 0.453 e. The fraction of sp³-hybridized carbons (Fsp3) is 0. The molecule has 0 amide bonds. The van der Waals surface area contributed by atoms with Crippen LogP contribution in [0.2, 0.25) is 5.02 Å². The minimum atomic E-state index is -0.565. The molecule has 5 heteroatoms. The van der Waals surface area contributed by atoms with Crippen LogP contribution in [0.5, 0.6) is 0 Å². The van der Waals surface area contributed by atoms with Crippen molar-refractivity contribution in [3.8, 4) is 0 Å². The second kappa shape index (κ2) is 4.48. The van der Waals surface area contributed by atoms with Crippen LogP contribution >= 0.6 is 11.6 Å². The molecule has 0 aliphatic carbocycles. The van der Waals surface area contributed by atoms with Crippen molar-refractivity contribution < 1.29 is 13.6 Å². The van der Waals surface area contributed by atoms with Gasteiger partial charge in [0.25, 0.3) is 0 Å². The van der Waals surface area contributed by atoms with Crippen molar-refractivity contribution in [2.24, 2.45) is 0 Å². The van der Waals surface area contributed by atoms with Gasteiger partial charge in [0.15, 0.2) is 5.76 Å². The summed E-state index contributed by atoms with van der Waals surface area (Å²) in [5, 5.41) is 1.28. The maximum atomic E-state index is 13.0. The van der Waals surface area contributed by atoms with Crippen LogP contribution < -0.4 is 0 Å². The first-order valence-corrected chi connectivity index (χ1v) is 5.85. The van der Waals surface area contributed by atoms with E-state index in [-0.39, 0.29) is 11.3 Å². The minimum Gasteiger partial charge on any atom is -0.453 e. The molecule has 2 heterocycles. The van der Waals surface area contributed by atoms with Gasteiger partial charge in [0.05, 0.1) is 6.20 Å². The van der Waals surface area contributed by atoms with Crippen molar-refractivity contribution in [3.63, 3.8) is 0 Å². The van der Waals surface area contributed by atoms with Crippen LogP contribution in [0.1, 0.15) is 16.1 Å². The van der Waals surface area contributed by atoms with E-state index < -0.39 is 11.6 Å². The molecule has 0 atom stereocenters. The first-order chi connectivity index (χ1) is 9.13. The van der Waals surface area contributed by atoms with E-state index in [1.807, 2.05) is 0 Å². The Labute approximate surface area is 112 Å². The van der Waals surface area contributed by atoms with E-state index in [4.69, 9.17) is 16.0 Å². The molecule has 0 aliphatic heterocycles. The van der Waals surface area contributed by atoms with Crippen molar-refractivity contribution in [3.05, 3.63) is 64.9 Å². The lowest BCUT2D eigenvalue weighted by atomic mass is 10.1. The SMILES string of the molecule is O=C(c1cncc(F)c1)c1cc2cc(Cl)ccc2o1. The van der Waals surface area contributed by atoms with Gasteiger partial charge in [-0.1, -0.05) is 11.6 Å². The zero-order chi connectivity index (χ0) is 13.4. The van der Waals surface area contributed by atoms with Crippen LogP contribution in [0.3, 0.4) is 0 Å². The van der Waals surface area contributed by atoms with E-state index in [1.165, 1.54) is 6.20 Å². The Hall–Kier alpha value is -2.20. The standard InChI is InChI=1S/C14H7ClFNO2/c15-10-1-2-12-8(3-10)5-13(19-12)14(18)9-4-11(16)7-17-6-9/h1-7H. The van der Waals surface area contributed by atoms with Crippen LogP contribution in [0.4, 0.5) is 4.39 Å². The zero-order valence-corrected chi connectivity index (χ0v) is 10.3. The number of carbonyl (C=O) groups excluding carboxylic acids is 1. The number of pyridine rings is 1. The van der Waals surface area contributed by atoms with Gasteiger partial charge < -0.3 is 4.42 Å². The third kappa shape index (κ3) is 2.22. The smallest absolute Gasteiger partial charge is 0.229 e. The lowest BCUT2D eigenvalue weighted by molar-refractivity contribution is 0.101. The van der Waals surface area contributed by atoms with E-state index in [9.17, 15) is 9.18 Å². The number of rotatable bonds is 2. The Kier molecular flexibility index (Phi) is 2.80. The summed E-state index contributed by atoms with van der Waals surface area (Å²) in [6, 6.07) is 7.74. The van der Waals surface area contributed by atoms with Crippen molar-refractivity contribution in [2.45, 2.75) is 0 Å². The molecule has 0 spiro atoms. The average Bonchev–Trinajstić information content (AvgIpc) is 2.80. The monoisotopic (exact) mass is 275 g/mol. The molecule has 0 fully saturated rings. The van der Waals surface area contributed by atoms with Crippen LogP contribution in [0, 0.1) is 5.82 Å². The summed E-state index contributed by atoms with van der Waals surface area (Å²) in [6.07, 6.45) is 2.33. The maximum absolute atomic E-state index is 13.0. The average molecular weight is 276 g/mol. The second-order valence-corrected chi connectivity index (χ2v) is 4.45. The highest BCUT2D eigenvalue weighted by molar-refractivity contribution is 6.31. The predicted octanol–water partition coefficient (Wildman–Crippen LogP) is 3.85. The highest BCUT2D eigenvalue weighted by atomic mass is 35.5. The molecule has 0 unspecified atom stereocenters. The van der Waals surface area contributed by atoms with Crippen LogP contribution in [-0.4, -0.2) is 10.8 Å². The molecule has 3 aromatic rings. The minimum absolute atomic E-state index is 0.129. The van der Waals surface area contributed by atoms with Crippen molar-refractivity contribution >= 4 is 28.4 Å². The number of fused-ring (bicyclic) bond motifs is 1. The number of halogens is 2. The third-order valence-electron chi connectivity index (χ3n) is 2.67. The number of benzene rings is 1. The molecular formula is C14H7ClFNO2. The molecule has 19 heavy (non-hydrogen) atoms. The summed E-state index contributed by atoms with van der Waals surface area (Å²) >= 11 is 5.86. The van der Waals surface area contributed by atoms with Gasteiger partial charge >= 0.3 is 0 Å². The molecule has 3 nitrogen and oxygen atoms in total. The number of hydrogen-bond donors (Lipinski definition) is 0. The van der Waals surface area contributed by atoms with Gasteiger partial charge in [-0.3, -0.25) is 9.78 Å². The summed E-state index contributed by atoms with van der Waals surface area (Å²) in [6.45, 7) is 0. The molecular weight excluding hydrogens is 269 g/mol. The number of carbonyl (C=O) groups is 1. The molecule has 0 bridgehead atoms. The summed E-state index contributed by atoms with van der Waals surface area (Å²) in [7, 11) is 0. The summed E-state index contributed by atoms with van der Waals surface area (Å²) in [5.41, 5.74) is 0.697. The summed E-state index contributed by atoms with van der Waals surface area (Å²) in [4.78, 5) is 15.8. The van der Waals surface area contributed by atoms with Gasteiger partial charge in [-0.15, -0.1) is 0 Å². The number of furan rings is 1. The summed E-state index contributed by atoms with van der Waals surface area (Å²) < 4.78 is 18.5. The predicted molar refractivity (Wildman–Crippen MR) is 68.9 cm³/mol. The van der Waals surface area contributed by atoms with E-state index >= 15 is 0 Å². The van der Waals surface area contributed by atoms with Gasteiger partial charge in [-0.2, -0.15) is 0 Å². The highest BCUT2D eigenvalue weighted by Crippen LogP contribution is 2.24. The molecule has 0 radical (unpaired) electrons. The van der Waals surface area contributed by atoms with Crippen LogP contribution in [-0.2, 0) is 0 Å². The fourth-order valence-electron chi connectivity index (χ4n) is 1.80. The van der Waals surface area contributed by atoms with Crippen molar-refractivity contribution in [1.82, 2.24) is 4.98 Å². The normalized spacial score (nSPS) is 10.8. The molecule has 1 aromatic carbocycles. The quantitative estimate of drug-likeness (QED) is 0.667. The highest BCUT2D eigenvalue weighted by Gasteiger charge is 2.15. The number of aromatic nitrogens is 1. The summed E-state index contributed by atoms with van der Waals surface area (Å²) in [5.74, 6) is -0.853. The Morgan fingerprint density at radius 2 is 2.05 bits per heavy atom. The van der Waals surface area contributed by atoms with Gasteiger partial charge in [0.1, 0.15) is 11.4 Å². The lowest BCUT2D eigenvalue weighted by Gasteiger charge is -1.96. The molecule has 0 aliphatic rings. The first-order valence-electron chi connectivity index (χ1n) is 5.48. The Morgan fingerprint density at radius 1 is 1.21 bits per heavy atom. The van der Waals surface area contributed by atoms with E-state index in [0.29, 0.717) is 10.6 Å². The second-order valence-electron chi connectivity index (χ2n) is 4.01. The number of ketones is 1. The van der Waals surface area contributed by atoms with Crippen LogP contribution in [0.25, 0.3) is 11.0 Å². The topological polar surface area (TPSA) is 43.1 Å². The van der Waals surface area contributed by atoms with Crippen molar-refractivity contribution in [1.29, 1.82) is 0 Å². The molecule has 0 N–H and O–H groups in total. The fourth-order valence-corrected chi connectivity index (χ4v) is 1.98. The van der Waals surface area contributed by atoms with Gasteiger partial charge in [-0.05, 0) is 30.3 Å². The van der Waals surface area contributed by atoms with E-state index in [2.05, 4.69) is 4.98 Å². The Bertz CT molecular complexity index is 782. The Morgan fingerprint density at radius 3 is 2.84 bits per heavy atom. The van der Waals surface area contributed by atoms with Crippen molar-refractivity contribution in [2.75, 3.05) is 0 Å². The zero-order valence-electron chi connectivity index (χ0n) is 9.56. The molecule has 3 rings (SSSR count). The van der Waals surface area contributed by atoms with Gasteiger partial charge in [0.2, 0.25) is 5.78 Å². The number of hydrogen-bond acceptors (Lipinski definition) is 3. The third-order valence-corrected chi connectivity index (χ3v) is 2.90. The Balaban J connectivity index is 2.06. The first kappa shape index (κ1) is 11.9. The number of nitrogens with zero attached hydrogens (tertiary/aromatic N) is 1. The van der Waals surface area contributed by atoms with Gasteiger partial charge in [0, 0.05) is 22.2 Å². The molecule has 0 saturated carbocycles.